The number of nitrogens with zero attached hydrogens (tertiary/aromatic N) is 2. The number of hydrogen-bond donors (Lipinski definition) is 2. The van der Waals surface area contributed by atoms with E-state index >= 15 is 0 Å². The predicted molar refractivity (Wildman–Crippen MR) is 75.1 cm³/mol. The van der Waals surface area contributed by atoms with Gasteiger partial charge >= 0.3 is 0 Å². The highest BCUT2D eigenvalue weighted by Gasteiger charge is 2.14. The van der Waals surface area contributed by atoms with Gasteiger partial charge in [-0.3, -0.25) is 15.1 Å². The maximum Gasteiger partial charge on any atom is 0.278 e. The average Bonchev–Trinajstić information content (AvgIpc) is 2.43. The van der Waals surface area contributed by atoms with Gasteiger partial charge < -0.3 is 11.1 Å². The van der Waals surface area contributed by atoms with E-state index in [9.17, 15) is 10.1 Å². The predicted octanol–water partition coefficient (Wildman–Crippen LogP) is 2.07. The van der Waals surface area contributed by atoms with Crippen LogP contribution in [0.5, 0.6) is 0 Å². The van der Waals surface area contributed by atoms with E-state index in [4.69, 9.17) is 5.73 Å². The van der Waals surface area contributed by atoms with Crippen molar-refractivity contribution in [2.45, 2.75) is 0 Å². The second-order valence-electron chi connectivity index (χ2n) is 3.88. The minimum atomic E-state index is -0.401. The average molecular weight is 258 g/mol. The summed E-state index contributed by atoms with van der Waals surface area (Å²) in [5, 5.41) is 14.6. The Hall–Kier alpha value is -2.47. The molecule has 0 bridgehead atoms. The third-order valence-corrected chi connectivity index (χ3v) is 2.66. The van der Waals surface area contributed by atoms with E-state index in [2.05, 4.69) is 10.3 Å². The molecule has 98 valence electrons. The van der Waals surface area contributed by atoms with Crippen molar-refractivity contribution in [2.24, 2.45) is 5.73 Å². The molecule has 1 aromatic heterocycles. The molecule has 0 aliphatic rings. The van der Waals surface area contributed by atoms with Gasteiger partial charge in [-0.25, -0.2) is 0 Å². The maximum absolute atomic E-state index is 11.0. The summed E-state index contributed by atoms with van der Waals surface area (Å²) in [7, 11) is 0. The molecule has 2 rings (SSSR count). The van der Waals surface area contributed by atoms with Crippen molar-refractivity contribution in [3.63, 3.8) is 0 Å². The Bertz CT molecular complexity index is 625. The lowest BCUT2D eigenvalue weighted by molar-refractivity contribution is -0.383. The van der Waals surface area contributed by atoms with Gasteiger partial charge in [0.15, 0.2) is 0 Å². The fourth-order valence-corrected chi connectivity index (χ4v) is 1.81. The van der Waals surface area contributed by atoms with E-state index in [0.29, 0.717) is 24.0 Å². The van der Waals surface area contributed by atoms with E-state index in [1.54, 1.807) is 24.4 Å². The highest BCUT2D eigenvalue weighted by Crippen LogP contribution is 2.29. The summed E-state index contributed by atoms with van der Waals surface area (Å²) in [6, 6.07) is 6.54. The van der Waals surface area contributed by atoms with Gasteiger partial charge in [-0.05, 0) is 18.2 Å². The zero-order valence-corrected chi connectivity index (χ0v) is 10.2. The summed E-state index contributed by atoms with van der Waals surface area (Å²) in [4.78, 5) is 14.8. The zero-order valence-electron chi connectivity index (χ0n) is 10.2. The fraction of sp³-hybridized carbons (Fsp3) is 0.154. The Morgan fingerprint density at radius 3 is 2.95 bits per heavy atom. The number of benzene rings is 1. The lowest BCUT2D eigenvalue weighted by Gasteiger charge is -2.07. The van der Waals surface area contributed by atoms with Crippen LogP contribution in [0.15, 0.2) is 42.6 Å². The molecule has 0 aliphatic carbocycles. The number of nitrogens with one attached hydrogen (secondary N) is 1. The van der Waals surface area contributed by atoms with E-state index in [0.717, 1.165) is 5.69 Å². The first-order chi connectivity index (χ1) is 9.24. The molecule has 1 aromatic carbocycles. The van der Waals surface area contributed by atoms with Crippen molar-refractivity contribution < 1.29 is 4.92 Å². The van der Waals surface area contributed by atoms with Crippen LogP contribution >= 0.6 is 0 Å². The number of nitro benzene ring substituents is 1. The number of hydrogen-bond acceptors (Lipinski definition) is 5. The molecular weight excluding hydrogens is 244 g/mol. The van der Waals surface area contributed by atoms with Crippen LogP contribution in [-0.2, 0) is 0 Å². The van der Waals surface area contributed by atoms with E-state index in [1.165, 1.54) is 6.07 Å². The highest BCUT2D eigenvalue weighted by atomic mass is 16.6. The number of rotatable bonds is 5. The second kappa shape index (κ2) is 5.92. The van der Waals surface area contributed by atoms with Gasteiger partial charge in [0.2, 0.25) is 0 Å². The third-order valence-electron chi connectivity index (χ3n) is 2.66. The van der Waals surface area contributed by atoms with Crippen molar-refractivity contribution in [1.82, 2.24) is 4.98 Å². The Kier molecular flexibility index (Phi) is 4.04. The molecule has 6 nitrogen and oxygen atoms in total. The molecule has 2 aromatic rings. The van der Waals surface area contributed by atoms with Gasteiger partial charge in [0.05, 0.1) is 16.0 Å². The second-order valence-corrected chi connectivity index (χ2v) is 3.88. The standard InChI is InChI=1S/C13H14N4O2/c14-7-1-2-8-15-11-5-6-12(17(18)19)10-4-3-9-16-13(10)11/h1-6,9,15H,7-8,14H2/b2-1+. The number of anilines is 1. The molecule has 0 aliphatic heterocycles. The van der Waals surface area contributed by atoms with Crippen LogP contribution < -0.4 is 11.1 Å². The molecule has 0 unspecified atom stereocenters. The third kappa shape index (κ3) is 2.86. The monoisotopic (exact) mass is 258 g/mol. The zero-order chi connectivity index (χ0) is 13.7. The molecule has 6 heteroatoms. The minimum Gasteiger partial charge on any atom is -0.380 e. The number of nitrogens with two attached hydrogens (primary N) is 1. The summed E-state index contributed by atoms with van der Waals surface area (Å²) >= 11 is 0. The van der Waals surface area contributed by atoms with Crippen molar-refractivity contribution in [3.05, 3.63) is 52.7 Å². The molecule has 0 saturated carbocycles. The summed E-state index contributed by atoms with van der Waals surface area (Å²) in [6.45, 7) is 1.08. The van der Waals surface area contributed by atoms with Crippen molar-refractivity contribution in [3.8, 4) is 0 Å². The van der Waals surface area contributed by atoms with E-state index in [1.807, 2.05) is 12.2 Å². The van der Waals surface area contributed by atoms with Crippen molar-refractivity contribution >= 4 is 22.3 Å². The lowest BCUT2D eigenvalue weighted by Crippen LogP contribution is -2.02. The number of fused-ring (bicyclic) bond motifs is 1. The minimum absolute atomic E-state index is 0.0613. The van der Waals surface area contributed by atoms with Crippen LogP contribution in [0.1, 0.15) is 0 Å². The Labute approximate surface area is 110 Å². The van der Waals surface area contributed by atoms with E-state index < -0.39 is 4.92 Å². The summed E-state index contributed by atoms with van der Waals surface area (Å²) in [5.41, 5.74) is 6.77. The molecule has 0 fully saturated rings. The van der Waals surface area contributed by atoms with Crippen LogP contribution in [0.3, 0.4) is 0 Å². The van der Waals surface area contributed by atoms with Crippen molar-refractivity contribution in [1.29, 1.82) is 0 Å². The molecule has 0 atom stereocenters. The number of non-ortho nitro benzene ring substituents is 1. The fourth-order valence-electron chi connectivity index (χ4n) is 1.81. The first-order valence-electron chi connectivity index (χ1n) is 5.85. The summed E-state index contributed by atoms with van der Waals surface area (Å²) in [6.07, 6.45) is 5.36. The Morgan fingerprint density at radius 1 is 1.37 bits per heavy atom. The number of pyridine rings is 1. The van der Waals surface area contributed by atoms with Crippen LogP contribution in [0.4, 0.5) is 11.4 Å². The van der Waals surface area contributed by atoms with Crippen LogP contribution in [0.25, 0.3) is 10.9 Å². The topological polar surface area (TPSA) is 94.1 Å². The van der Waals surface area contributed by atoms with Gasteiger partial charge in [0.25, 0.3) is 5.69 Å². The van der Waals surface area contributed by atoms with Gasteiger partial charge in [-0.2, -0.15) is 0 Å². The largest absolute Gasteiger partial charge is 0.380 e. The quantitative estimate of drug-likeness (QED) is 0.486. The van der Waals surface area contributed by atoms with Gasteiger partial charge in [0, 0.05) is 25.4 Å². The molecular formula is C13H14N4O2. The van der Waals surface area contributed by atoms with Gasteiger partial charge in [0.1, 0.15) is 5.52 Å². The molecule has 19 heavy (non-hydrogen) atoms. The van der Waals surface area contributed by atoms with Crippen LogP contribution in [-0.4, -0.2) is 23.0 Å². The Morgan fingerprint density at radius 2 is 2.21 bits per heavy atom. The Balaban J connectivity index is 2.38. The molecule has 3 N–H and O–H groups in total. The lowest BCUT2D eigenvalue weighted by atomic mass is 10.1. The molecule has 0 amide bonds. The number of aromatic nitrogens is 1. The van der Waals surface area contributed by atoms with Crippen LogP contribution in [0.2, 0.25) is 0 Å². The molecule has 1 heterocycles. The van der Waals surface area contributed by atoms with Crippen molar-refractivity contribution in [2.75, 3.05) is 18.4 Å². The highest BCUT2D eigenvalue weighted by molar-refractivity contribution is 5.96. The van der Waals surface area contributed by atoms with E-state index in [-0.39, 0.29) is 5.69 Å². The molecule has 0 radical (unpaired) electrons. The van der Waals surface area contributed by atoms with Crippen LogP contribution in [0, 0.1) is 10.1 Å². The first-order valence-corrected chi connectivity index (χ1v) is 5.85. The molecule has 0 saturated heterocycles. The first kappa shape index (κ1) is 13.0. The normalized spacial score (nSPS) is 11.0. The summed E-state index contributed by atoms with van der Waals surface area (Å²) in [5.74, 6) is 0. The van der Waals surface area contributed by atoms with Gasteiger partial charge in [-0.15, -0.1) is 0 Å². The molecule has 0 spiro atoms. The maximum atomic E-state index is 11.0. The summed E-state index contributed by atoms with van der Waals surface area (Å²) < 4.78 is 0. The van der Waals surface area contributed by atoms with Gasteiger partial charge in [-0.1, -0.05) is 12.2 Å². The smallest absolute Gasteiger partial charge is 0.278 e. The number of nitro groups is 1. The SMILES string of the molecule is NC/C=C/CNc1ccc([N+](=O)[O-])c2cccnc12.